The number of carboxylic acid groups (broad SMARTS) is 1. The first-order valence-electron chi connectivity index (χ1n) is 12.5. The average molecular weight is 479 g/mol. The lowest BCUT2D eigenvalue weighted by molar-refractivity contribution is -0.131. The summed E-state index contributed by atoms with van der Waals surface area (Å²) < 4.78 is 0. The van der Waals surface area contributed by atoms with Crippen LogP contribution in [-0.4, -0.2) is 23.3 Å². The summed E-state index contributed by atoms with van der Waals surface area (Å²) in [6.45, 7) is 8.66. The second-order valence-corrected chi connectivity index (χ2v) is 9.75. The summed E-state index contributed by atoms with van der Waals surface area (Å²) in [5.41, 5.74) is 9.09. The Labute approximate surface area is 214 Å². The second-order valence-electron chi connectivity index (χ2n) is 9.75. The Hall–Kier alpha value is -3.92. The quantitative estimate of drug-likeness (QED) is 0.273. The fraction of sp³-hybridized carbons (Fsp3) is 0.250. The van der Waals surface area contributed by atoms with Crippen LogP contribution in [0, 0.1) is 5.41 Å². The van der Waals surface area contributed by atoms with Crippen molar-refractivity contribution in [2.24, 2.45) is 0 Å². The molecule has 0 aromatic heterocycles. The van der Waals surface area contributed by atoms with E-state index in [1.54, 1.807) is 6.08 Å². The Balaban J connectivity index is 1.82. The first-order valence-corrected chi connectivity index (χ1v) is 12.5. The van der Waals surface area contributed by atoms with Crippen molar-refractivity contribution in [3.63, 3.8) is 0 Å². The largest absolute Gasteiger partial charge is 0.478 e. The first-order chi connectivity index (χ1) is 17.3. The van der Waals surface area contributed by atoms with Crippen LogP contribution in [0.4, 0.5) is 5.69 Å². The summed E-state index contributed by atoms with van der Waals surface area (Å²) in [7, 11) is 0. The molecule has 36 heavy (non-hydrogen) atoms. The highest BCUT2D eigenvalue weighted by Crippen LogP contribution is 2.42. The summed E-state index contributed by atoms with van der Waals surface area (Å²) in [6.07, 6.45) is 7.09. The highest BCUT2D eigenvalue weighted by molar-refractivity contribution is 6.08. The molecular formula is C32H34N2O2. The summed E-state index contributed by atoms with van der Waals surface area (Å²) in [6, 6.07) is 23.9. The molecule has 4 nitrogen and oxygen atoms in total. The minimum atomic E-state index is -0.952. The lowest BCUT2D eigenvalue weighted by Gasteiger charge is -2.44. The van der Waals surface area contributed by atoms with Crippen LogP contribution < -0.4 is 4.90 Å². The third kappa shape index (κ3) is 5.18. The molecule has 0 bridgehead atoms. The molecule has 0 spiro atoms. The van der Waals surface area contributed by atoms with Crippen LogP contribution in [0.2, 0.25) is 0 Å². The summed E-state index contributed by atoms with van der Waals surface area (Å²) in [4.78, 5) is 13.4. The van der Waals surface area contributed by atoms with Crippen molar-refractivity contribution in [2.75, 3.05) is 4.90 Å². The number of allylic oxidation sites excluding steroid dienone is 2. The molecular weight excluding hydrogens is 444 g/mol. The highest BCUT2D eigenvalue weighted by atomic mass is 16.4. The molecule has 0 amide bonds. The van der Waals surface area contributed by atoms with E-state index in [1.807, 2.05) is 25.1 Å². The van der Waals surface area contributed by atoms with Gasteiger partial charge in [0.05, 0.1) is 6.04 Å². The number of nitrogens with zero attached hydrogens (tertiary/aromatic N) is 1. The Bertz CT molecular complexity index is 1300. The molecule has 2 atom stereocenters. The van der Waals surface area contributed by atoms with Gasteiger partial charge in [-0.2, -0.15) is 0 Å². The normalized spacial score (nSPS) is 17.9. The van der Waals surface area contributed by atoms with Gasteiger partial charge >= 0.3 is 5.97 Å². The van der Waals surface area contributed by atoms with Crippen molar-refractivity contribution in [3.05, 3.63) is 112 Å². The molecule has 4 rings (SSSR count). The van der Waals surface area contributed by atoms with Crippen molar-refractivity contribution in [2.45, 2.75) is 52.1 Å². The van der Waals surface area contributed by atoms with E-state index < -0.39 is 5.97 Å². The maximum Gasteiger partial charge on any atom is 0.328 e. The third-order valence-corrected chi connectivity index (χ3v) is 7.03. The average Bonchev–Trinajstić information content (AvgIpc) is 2.87. The molecule has 1 aliphatic rings. The lowest BCUT2D eigenvalue weighted by atomic mass is 9.83. The van der Waals surface area contributed by atoms with Crippen LogP contribution >= 0.6 is 0 Å². The molecule has 4 heteroatoms. The van der Waals surface area contributed by atoms with Crippen molar-refractivity contribution in [1.82, 2.24) is 0 Å². The van der Waals surface area contributed by atoms with E-state index in [0.29, 0.717) is 5.92 Å². The molecule has 184 valence electrons. The molecule has 0 aliphatic carbocycles. The molecule has 0 fully saturated rings. The molecule has 1 aliphatic heterocycles. The fourth-order valence-electron chi connectivity index (χ4n) is 5.12. The smallest absolute Gasteiger partial charge is 0.328 e. The SMILES string of the molecule is C/C=C(\C=N)c1ccc2c(c1)C[C@@H](C)N(c1ccc(C(C)C)cc1)C2c1ccc(/C=C/C(=O)O)cc1. The third-order valence-electron chi connectivity index (χ3n) is 7.03. The van der Waals surface area contributed by atoms with Crippen molar-refractivity contribution >= 4 is 29.5 Å². The molecule has 3 aromatic carbocycles. The van der Waals surface area contributed by atoms with E-state index in [2.05, 4.69) is 80.3 Å². The van der Waals surface area contributed by atoms with Crippen molar-refractivity contribution in [1.29, 1.82) is 5.41 Å². The fourth-order valence-corrected chi connectivity index (χ4v) is 5.12. The van der Waals surface area contributed by atoms with Gasteiger partial charge in [0.15, 0.2) is 0 Å². The van der Waals surface area contributed by atoms with E-state index in [9.17, 15) is 4.79 Å². The van der Waals surface area contributed by atoms with E-state index in [-0.39, 0.29) is 12.1 Å². The van der Waals surface area contributed by atoms with Gasteiger partial charge in [0, 0.05) is 24.0 Å². The Morgan fingerprint density at radius 2 is 1.75 bits per heavy atom. The van der Waals surface area contributed by atoms with Crippen LogP contribution in [0.5, 0.6) is 0 Å². The number of carboxylic acids is 1. The predicted octanol–water partition coefficient (Wildman–Crippen LogP) is 7.50. The van der Waals surface area contributed by atoms with E-state index in [0.717, 1.165) is 28.7 Å². The minimum Gasteiger partial charge on any atom is -0.478 e. The zero-order valence-corrected chi connectivity index (χ0v) is 21.4. The number of carbonyl (C=O) groups is 1. The first kappa shape index (κ1) is 25.2. The molecule has 3 aromatic rings. The van der Waals surface area contributed by atoms with Gasteiger partial charge in [-0.3, -0.25) is 0 Å². The lowest BCUT2D eigenvalue weighted by Crippen LogP contribution is -2.43. The van der Waals surface area contributed by atoms with Gasteiger partial charge in [0.25, 0.3) is 0 Å². The molecule has 1 heterocycles. The predicted molar refractivity (Wildman–Crippen MR) is 150 cm³/mol. The van der Waals surface area contributed by atoms with Crippen LogP contribution in [0.25, 0.3) is 11.6 Å². The molecule has 0 saturated heterocycles. The number of rotatable bonds is 7. The number of nitrogens with one attached hydrogen (secondary N) is 1. The van der Waals surface area contributed by atoms with Crippen molar-refractivity contribution in [3.8, 4) is 0 Å². The molecule has 1 unspecified atom stereocenters. The summed E-state index contributed by atoms with van der Waals surface area (Å²) in [5.74, 6) is -0.472. The van der Waals surface area contributed by atoms with Gasteiger partial charge in [-0.05, 0) is 83.3 Å². The Morgan fingerprint density at radius 3 is 2.33 bits per heavy atom. The van der Waals surface area contributed by atoms with Gasteiger partial charge in [-0.15, -0.1) is 0 Å². The van der Waals surface area contributed by atoms with E-state index in [4.69, 9.17) is 10.5 Å². The molecule has 2 N–H and O–H groups in total. The number of aliphatic carboxylic acids is 1. The summed E-state index contributed by atoms with van der Waals surface area (Å²) in [5, 5.41) is 16.8. The topological polar surface area (TPSA) is 64.4 Å². The zero-order valence-electron chi connectivity index (χ0n) is 21.4. The number of hydrogen-bond donors (Lipinski definition) is 2. The molecule has 0 radical (unpaired) electrons. The number of hydrogen-bond acceptors (Lipinski definition) is 3. The van der Waals surface area contributed by atoms with E-state index in [1.165, 1.54) is 34.7 Å². The van der Waals surface area contributed by atoms with Gasteiger partial charge in [-0.25, -0.2) is 4.79 Å². The number of benzene rings is 3. The van der Waals surface area contributed by atoms with Gasteiger partial charge in [0.1, 0.15) is 0 Å². The second kappa shape index (κ2) is 10.8. The maximum atomic E-state index is 10.9. The Morgan fingerprint density at radius 1 is 1.06 bits per heavy atom. The van der Waals surface area contributed by atoms with Gasteiger partial charge in [0.2, 0.25) is 0 Å². The Kier molecular flexibility index (Phi) is 7.54. The maximum absolute atomic E-state index is 10.9. The number of fused-ring (bicyclic) bond motifs is 1. The van der Waals surface area contributed by atoms with E-state index >= 15 is 0 Å². The van der Waals surface area contributed by atoms with Gasteiger partial charge in [-0.1, -0.05) is 74.5 Å². The van der Waals surface area contributed by atoms with Crippen molar-refractivity contribution < 1.29 is 9.90 Å². The van der Waals surface area contributed by atoms with Crippen LogP contribution in [0.1, 0.15) is 73.0 Å². The minimum absolute atomic E-state index is 0.0224. The molecule has 0 saturated carbocycles. The van der Waals surface area contributed by atoms with Crippen LogP contribution in [0.15, 0.2) is 78.9 Å². The summed E-state index contributed by atoms with van der Waals surface area (Å²) >= 11 is 0. The standard InChI is InChI=1S/C32H34N2O2/c1-5-24(20-33)27-13-16-30-28(19-27)18-22(4)34(29-14-11-25(12-15-29)21(2)3)32(30)26-9-6-23(7-10-26)8-17-31(35)36/h5-17,19-22,32-33H,18H2,1-4H3,(H,35,36)/b17-8+,24-5+,33-20?/t22-,32?/m1/s1. The number of anilines is 1. The zero-order chi connectivity index (χ0) is 25.8. The van der Waals surface area contributed by atoms with Crippen LogP contribution in [-0.2, 0) is 11.2 Å². The monoisotopic (exact) mass is 478 g/mol. The highest BCUT2D eigenvalue weighted by Gasteiger charge is 2.33. The van der Waals surface area contributed by atoms with Crippen LogP contribution in [0.3, 0.4) is 0 Å². The van der Waals surface area contributed by atoms with Gasteiger partial charge < -0.3 is 15.4 Å².